The molecule has 2 heterocycles. The first-order chi connectivity index (χ1) is 18.6. The minimum absolute atomic E-state index is 0.0289. The van der Waals surface area contributed by atoms with Gasteiger partial charge in [0.15, 0.2) is 0 Å². The van der Waals surface area contributed by atoms with E-state index in [0.717, 1.165) is 50.6 Å². The van der Waals surface area contributed by atoms with Gasteiger partial charge in [-0.2, -0.15) is 8.78 Å². The number of nitrogens with zero attached hydrogens (tertiary/aromatic N) is 3. The fourth-order valence-corrected chi connectivity index (χ4v) is 3.41. The summed E-state index contributed by atoms with van der Waals surface area (Å²) in [6.45, 7) is 5.86. The molecule has 0 atom stereocenters. The highest BCUT2D eigenvalue weighted by Crippen LogP contribution is 2.20. The lowest BCUT2D eigenvalue weighted by molar-refractivity contribution is -0.387. The fourth-order valence-electron chi connectivity index (χ4n) is 3.41. The van der Waals surface area contributed by atoms with E-state index in [4.69, 9.17) is 14.6 Å². The first-order valence-electron chi connectivity index (χ1n) is 11.8. The number of carboxylic acid groups (broad SMARTS) is 1. The second-order valence-corrected chi connectivity index (χ2v) is 8.19. The van der Waals surface area contributed by atoms with E-state index >= 15 is 0 Å². The summed E-state index contributed by atoms with van der Waals surface area (Å²) >= 11 is 0. The van der Waals surface area contributed by atoms with Crippen LogP contribution in [0, 0.1) is 31.9 Å². The number of amides is 1. The summed E-state index contributed by atoms with van der Waals surface area (Å²) in [6, 6.07) is 6.52. The molecular formula is C24H28F2N4O9. The lowest BCUT2D eigenvalue weighted by Crippen LogP contribution is -2.41. The number of rotatable bonds is 6. The van der Waals surface area contributed by atoms with Crippen LogP contribution in [0.2, 0.25) is 0 Å². The summed E-state index contributed by atoms with van der Waals surface area (Å²) in [7, 11) is 0. The van der Waals surface area contributed by atoms with E-state index in [1.54, 1.807) is 4.90 Å². The van der Waals surface area contributed by atoms with Gasteiger partial charge in [-0.05, 0) is 23.3 Å². The lowest BCUT2D eigenvalue weighted by Gasteiger charge is -2.26. The zero-order chi connectivity index (χ0) is 28.8. The van der Waals surface area contributed by atoms with Gasteiger partial charge in [-0.25, -0.2) is 0 Å². The van der Waals surface area contributed by atoms with E-state index in [1.165, 1.54) is 12.1 Å². The first kappa shape index (κ1) is 31.1. The van der Waals surface area contributed by atoms with Crippen molar-refractivity contribution in [2.24, 2.45) is 0 Å². The molecule has 2 N–H and O–H groups in total. The Hall–Kier alpha value is -4.08. The molecule has 0 saturated carbocycles. The number of nitro benzene ring substituents is 2. The van der Waals surface area contributed by atoms with Gasteiger partial charge in [0.25, 0.3) is 0 Å². The number of halogens is 2. The quantitative estimate of drug-likeness (QED) is 0.397. The van der Waals surface area contributed by atoms with Crippen LogP contribution in [0.4, 0.5) is 20.2 Å². The first-order valence-corrected chi connectivity index (χ1v) is 11.8. The van der Waals surface area contributed by atoms with Crippen molar-refractivity contribution in [1.82, 2.24) is 10.2 Å². The smallest absolute Gasteiger partial charge is 0.307 e. The number of carboxylic acids is 1. The molecule has 15 heteroatoms. The third-order valence-corrected chi connectivity index (χ3v) is 5.34. The number of nitrogens with one attached hydrogen (secondary N) is 1. The van der Waals surface area contributed by atoms with E-state index in [2.05, 4.69) is 5.32 Å². The monoisotopic (exact) mass is 554 g/mol. The Kier molecular flexibility index (Phi) is 12.8. The van der Waals surface area contributed by atoms with Crippen LogP contribution in [0.25, 0.3) is 0 Å². The van der Waals surface area contributed by atoms with E-state index in [0.29, 0.717) is 31.9 Å². The summed E-state index contributed by atoms with van der Waals surface area (Å²) in [5.41, 5.74) is -0.675. The molecule has 4 rings (SSSR count). The third kappa shape index (κ3) is 11.1. The Morgan fingerprint density at radius 3 is 1.69 bits per heavy atom. The van der Waals surface area contributed by atoms with Crippen LogP contribution < -0.4 is 5.32 Å². The van der Waals surface area contributed by atoms with E-state index in [9.17, 15) is 38.6 Å². The van der Waals surface area contributed by atoms with Crippen LogP contribution in [0.3, 0.4) is 0 Å². The third-order valence-electron chi connectivity index (χ3n) is 5.34. The molecule has 212 valence electrons. The van der Waals surface area contributed by atoms with Crippen molar-refractivity contribution < 1.29 is 42.8 Å². The number of morpholine rings is 2. The summed E-state index contributed by atoms with van der Waals surface area (Å²) in [5.74, 6) is -3.12. The predicted octanol–water partition coefficient (Wildman–Crippen LogP) is 2.10. The number of aliphatic carboxylic acids is 1. The number of hydrogen-bond acceptors (Lipinski definition) is 9. The van der Waals surface area contributed by atoms with Gasteiger partial charge >= 0.3 is 17.3 Å². The van der Waals surface area contributed by atoms with Crippen molar-refractivity contribution in [3.63, 3.8) is 0 Å². The highest BCUT2D eigenvalue weighted by molar-refractivity contribution is 5.79. The molecule has 0 radical (unpaired) electrons. The number of benzene rings is 2. The second kappa shape index (κ2) is 16.0. The van der Waals surface area contributed by atoms with E-state index in [1.807, 2.05) is 0 Å². The Labute approximate surface area is 221 Å². The number of ether oxygens (including phenoxy) is 2. The molecule has 0 aromatic heterocycles. The van der Waals surface area contributed by atoms with Gasteiger partial charge in [-0.1, -0.05) is 12.1 Å². The van der Waals surface area contributed by atoms with Crippen molar-refractivity contribution in [2.75, 3.05) is 52.6 Å². The normalized spacial score (nSPS) is 14.7. The summed E-state index contributed by atoms with van der Waals surface area (Å²) in [6.07, 6.45) is -0.331. The van der Waals surface area contributed by atoms with Crippen molar-refractivity contribution in [3.8, 4) is 0 Å². The van der Waals surface area contributed by atoms with Crippen LogP contribution >= 0.6 is 0 Å². The van der Waals surface area contributed by atoms with Gasteiger partial charge in [-0.15, -0.1) is 0 Å². The zero-order valence-corrected chi connectivity index (χ0v) is 20.8. The van der Waals surface area contributed by atoms with Crippen molar-refractivity contribution in [2.45, 2.75) is 12.8 Å². The van der Waals surface area contributed by atoms with Crippen LogP contribution in [0.15, 0.2) is 36.4 Å². The average Bonchev–Trinajstić information content (AvgIpc) is 2.92. The molecule has 2 saturated heterocycles. The summed E-state index contributed by atoms with van der Waals surface area (Å²) in [5, 5.41) is 32.5. The molecule has 0 aliphatic carbocycles. The second-order valence-electron chi connectivity index (χ2n) is 8.19. The molecular weight excluding hydrogens is 526 g/mol. The van der Waals surface area contributed by atoms with Gasteiger partial charge in [-0.3, -0.25) is 29.8 Å². The molecule has 39 heavy (non-hydrogen) atoms. The molecule has 2 aromatic carbocycles. The average molecular weight is 555 g/mol. The maximum absolute atomic E-state index is 13.2. The summed E-state index contributed by atoms with van der Waals surface area (Å²) in [4.78, 5) is 43.1. The van der Waals surface area contributed by atoms with Gasteiger partial charge in [0, 0.05) is 38.3 Å². The Bertz CT molecular complexity index is 1140. The molecule has 2 aliphatic rings. The van der Waals surface area contributed by atoms with Gasteiger partial charge < -0.3 is 24.8 Å². The highest BCUT2D eigenvalue weighted by atomic mass is 19.1. The van der Waals surface area contributed by atoms with Gasteiger partial charge in [0.1, 0.15) is 0 Å². The molecule has 0 bridgehead atoms. The van der Waals surface area contributed by atoms with Crippen LogP contribution in [0.5, 0.6) is 0 Å². The molecule has 2 aromatic rings. The van der Waals surface area contributed by atoms with E-state index < -0.39 is 38.8 Å². The molecule has 0 unspecified atom stereocenters. The number of carbonyl (C=O) groups is 2. The lowest BCUT2D eigenvalue weighted by atomic mass is 10.1. The zero-order valence-electron chi connectivity index (χ0n) is 20.8. The maximum Gasteiger partial charge on any atom is 0.307 e. The Morgan fingerprint density at radius 2 is 1.31 bits per heavy atom. The topological polar surface area (TPSA) is 174 Å². The van der Waals surface area contributed by atoms with Gasteiger partial charge in [0.2, 0.25) is 17.5 Å². The number of carbonyl (C=O) groups excluding carboxylic acids is 1. The fraction of sp³-hybridized carbons (Fsp3) is 0.417. The molecule has 2 fully saturated rings. The van der Waals surface area contributed by atoms with Crippen molar-refractivity contribution in [3.05, 3.63) is 79.4 Å². The highest BCUT2D eigenvalue weighted by Gasteiger charge is 2.20. The molecule has 0 spiro atoms. The predicted molar refractivity (Wildman–Crippen MR) is 132 cm³/mol. The maximum atomic E-state index is 13.2. The van der Waals surface area contributed by atoms with E-state index in [-0.39, 0.29) is 24.3 Å². The van der Waals surface area contributed by atoms with Gasteiger partial charge in [0.05, 0.1) is 49.1 Å². The minimum Gasteiger partial charge on any atom is -0.481 e. The Morgan fingerprint density at radius 1 is 0.846 bits per heavy atom. The molecule has 2 aliphatic heterocycles. The molecule has 1 amide bonds. The van der Waals surface area contributed by atoms with Crippen LogP contribution in [-0.2, 0) is 31.9 Å². The number of hydrogen-bond donors (Lipinski definition) is 2. The minimum atomic E-state index is -1.12. The number of nitro groups is 2. The Balaban J connectivity index is 0.000000232. The largest absolute Gasteiger partial charge is 0.481 e. The standard InChI is InChI=1S/C12H13FN2O4.C8H6FNO4.C4H9NO/c13-10-2-1-9(7-11(10)15(17)18)8-12(16)14-3-5-19-6-4-14;9-6-2-1-5(4-8(11)12)3-7(6)10(13)14;1-3-6-4-2-5-1/h1-2,7H,3-6,8H2;1-3H,4H2,(H,11,12);5H,1-4H2. The van der Waals surface area contributed by atoms with Crippen LogP contribution in [0.1, 0.15) is 11.1 Å². The van der Waals surface area contributed by atoms with Crippen molar-refractivity contribution in [1.29, 1.82) is 0 Å². The molecule has 13 nitrogen and oxygen atoms in total. The SMILES string of the molecule is C1COCCN1.O=C(Cc1ccc(F)c([N+](=O)[O-])c1)N1CCOCC1.O=C(O)Cc1ccc(F)c([N+](=O)[O-])c1. The van der Waals surface area contributed by atoms with Crippen LogP contribution in [-0.4, -0.2) is 84.3 Å². The van der Waals surface area contributed by atoms with Crippen molar-refractivity contribution >= 4 is 23.3 Å². The summed E-state index contributed by atoms with van der Waals surface area (Å²) < 4.78 is 36.1.